The molecule has 0 aliphatic heterocycles. The average Bonchev–Trinajstić information content (AvgIpc) is 2.37. The maximum atomic E-state index is 8.54. The molecule has 0 spiro atoms. The van der Waals surface area contributed by atoms with Crippen molar-refractivity contribution in [2.24, 2.45) is 0 Å². The number of hydrogen-bond acceptors (Lipinski definition) is 2. The van der Waals surface area contributed by atoms with Crippen molar-refractivity contribution in [1.82, 2.24) is 9.97 Å². The van der Waals surface area contributed by atoms with Gasteiger partial charge in [-0.25, -0.2) is 4.98 Å². The molecule has 0 unspecified atom stereocenters. The predicted octanol–water partition coefficient (Wildman–Crippen LogP) is 0.507. The van der Waals surface area contributed by atoms with Gasteiger partial charge in [-0.2, -0.15) is 0 Å². The number of aliphatic hydroxyl groups is 1. The van der Waals surface area contributed by atoms with Crippen LogP contribution in [0.5, 0.6) is 0 Å². The van der Waals surface area contributed by atoms with E-state index in [0.717, 1.165) is 17.9 Å². The lowest BCUT2D eigenvalue weighted by atomic mass is 10.4. The summed E-state index contributed by atoms with van der Waals surface area (Å²) in [5.41, 5.74) is 1.13. The van der Waals surface area contributed by atoms with Crippen molar-refractivity contribution >= 4 is 0 Å². The van der Waals surface area contributed by atoms with Crippen molar-refractivity contribution < 1.29 is 5.11 Å². The highest BCUT2D eigenvalue weighted by Crippen LogP contribution is 1.97. The monoisotopic (exact) mass is 140 g/mol. The Morgan fingerprint density at radius 3 is 3.00 bits per heavy atom. The second kappa shape index (κ2) is 3.37. The van der Waals surface area contributed by atoms with Crippen LogP contribution in [-0.2, 0) is 12.8 Å². The van der Waals surface area contributed by atoms with Crippen LogP contribution in [0.1, 0.15) is 18.4 Å². The van der Waals surface area contributed by atoms with E-state index in [-0.39, 0.29) is 6.61 Å². The Labute approximate surface area is 60.1 Å². The molecule has 0 amide bonds. The van der Waals surface area contributed by atoms with Gasteiger partial charge in [0.2, 0.25) is 0 Å². The van der Waals surface area contributed by atoms with E-state index in [4.69, 9.17) is 5.11 Å². The molecule has 1 aromatic heterocycles. The summed E-state index contributed by atoms with van der Waals surface area (Å²) in [5.74, 6) is 0.874. The van der Waals surface area contributed by atoms with Crippen LogP contribution in [0.25, 0.3) is 0 Å². The molecule has 3 heteroatoms. The van der Waals surface area contributed by atoms with E-state index < -0.39 is 0 Å². The molecule has 56 valence electrons. The van der Waals surface area contributed by atoms with Gasteiger partial charge in [-0.1, -0.05) is 6.92 Å². The molecule has 0 fully saturated rings. The first kappa shape index (κ1) is 7.28. The van der Waals surface area contributed by atoms with Gasteiger partial charge in [0.1, 0.15) is 5.82 Å². The quantitative estimate of drug-likeness (QED) is 0.642. The molecule has 2 N–H and O–H groups in total. The zero-order valence-corrected chi connectivity index (χ0v) is 6.09. The minimum Gasteiger partial charge on any atom is -0.396 e. The lowest BCUT2D eigenvalue weighted by molar-refractivity contribution is 0.297. The van der Waals surface area contributed by atoms with Crippen LogP contribution in [0.15, 0.2) is 6.20 Å². The number of H-pyrrole nitrogens is 1. The molecule has 0 aliphatic rings. The molecule has 0 atom stereocenters. The summed E-state index contributed by atoms with van der Waals surface area (Å²) < 4.78 is 0. The summed E-state index contributed by atoms with van der Waals surface area (Å²) in [4.78, 5) is 7.15. The summed E-state index contributed by atoms with van der Waals surface area (Å²) in [5, 5.41) is 8.54. The van der Waals surface area contributed by atoms with Crippen LogP contribution in [0.2, 0.25) is 0 Å². The Morgan fingerprint density at radius 1 is 1.70 bits per heavy atom. The summed E-state index contributed by atoms with van der Waals surface area (Å²) in [6, 6.07) is 0. The maximum Gasteiger partial charge on any atom is 0.108 e. The summed E-state index contributed by atoms with van der Waals surface area (Å²) in [6.07, 6.45) is 3.41. The van der Waals surface area contributed by atoms with Crippen LogP contribution in [0, 0.1) is 0 Å². The number of rotatable bonds is 3. The van der Waals surface area contributed by atoms with Crippen LogP contribution in [0.4, 0.5) is 0 Å². The molecule has 0 aromatic carbocycles. The molecule has 1 rings (SSSR count). The highest BCUT2D eigenvalue weighted by molar-refractivity contribution is 5.00. The smallest absolute Gasteiger partial charge is 0.108 e. The predicted molar refractivity (Wildman–Crippen MR) is 38.8 cm³/mol. The summed E-state index contributed by atoms with van der Waals surface area (Å²) in [6.45, 7) is 2.23. The molecule has 3 nitrogen and oxygen atoms in total. The van der Waals surface area contributed by atoms with E-state index in [1.54, 1.807) is 0 Å². The van der Waals surface area contributed by atoms with Gasteiger partial charge < -0.3 is 10.1 Å². The lowest BCUT2D eigenvalue weighted by Crippen LogP contribution is -1.92. The maximum absolute atomic E-state index is 8.54. The fourth-order valence-corrected chi connectivity index (χ4v) is 0.818. The molecule has 10 heavy (non-hydrogen) atoms. The van der Waals surface area contributed by atoms with E-state index in [0.29, 0.717) is 6.42 Å². The largest absolute Gasteiger partial charge is 0.396 e. The Kier molecular flexibility index (Phi) is 2.45. The number of aromatic amines is 1. The van der Waals surface area contributed by atoms with Gasteiger partial charge in [-0.3, -0.25) is 0 Å². The van der Waals surface area contributed by atoms with E-state index in [1.807, 2.05) is 6.20 Å². The minimum absolute atomic E-state index is 0.163. The van der Waals surface area contributed by atoms with Gasteiger partial charge in [-0.05, 0) is 6.42 Å². The number of imidazole rings is 1. The number of nitrogens with one attached hydrogen (secondary N) is 1. The van der Waals surface area contributed by atoms with Crippen molar-refractivity contribution in [3.8, 4) is 0 Å². The second-order valence-electron chi connectivity index (χ2n) is 2.18. The number of aliphatic hydroxyl groups excluding tert-OH is 1. The standard InChI is InChI=1S/C7H12N2O/c1-2-6-5-8-7(9-6)3-4-10/h5,10H,2-4H2,1H3,(H,8,9). The third-order valence-corrected chi connectivity index (χ3v) is 1.41. The van der Waals surface area contributed by atoms with Crippen molar-refractivity contribution in [3.63, 3.8) is 0 Å². The molecule has 1 aromatic rings. The number of hydrogen-bond donors (Lipinski definition) is 2. The highest BCUT2D eigenvalue weighted by Gasteiger charge is 1.95. The van der Waals surface area contributed by atoms with E-state index in [1.165, 1.54) is 0 Å². The van der Waals surface area contributed by atoms with Crippen molar-refractivity contribution in [2.75, 3.05) is 6.61 Å². The van der Waals surface area contributed by atoms with Crippen LogP contribution in [-0.4, -0.2) is 21.7 Å². The minimum atomic E-state index is 0.163. The van der Waals surface area contributed by atoms with E-state index in [2.05, 4.69) is 16.9 Å². The normalized spacial score (nSPS) is 10.2. The van der Waals surface area contributed by atoms with Gasteiger partial charge in [0.25, 0.3) is 0 Å². The third kappa shape index (κ3) is 1.57. The highest BCUT2D eigenvalue weighted by atomic mass is 16.3. The Balaban J connectivity index is 2.59. The van der Waals surface area contributed by atoms with E-state index in [9.17, 15) is 0 Å². The number of aryl methyl sites for hydroxylation is 1. The molecule has 0 saturated heterocycles. The van der Waals surface area contributed by atoms with Crippen LogP contribution >= 0.6 is 0 Å². The zero-order chi connectivity index (χ0) is 7.40. The van der Waals surface area contributed by atoms with Gasteiger partial charge in [-0.15, -0.1) is 0 Å². The van der Waals surface area contributed by atoms with Gasteiger partial charge in [0.15, 0.2) is 0 Å². The van der Waals surface area contributed by atoms with Gasteiger partial charge in [0, 0.05) is 18.3 Å². The topological polar surface area (TPSA) is 48.9 Å². The van der Waals surface area contributed by atoms with Crippen LogP contribution < -0.4 is 0 Å². The average molecular weight is 140 g/mol. The van der Waals surface area contributed by atoms with Crippen molar-refractivity contribution in [3.05, 3.63) is 17.7 Å². The molecule has 0 saturated carbocycles. The molecule has 1 heterocycles. The first-order valence-electron chi connectivity index (χ1n) is 3.50. The van der Waals surface area contributed by atoms with Crippen molar-refractivity contribution in [1.29, 1.82) is 0 Å². The van der Waals surface area contributed by atoms with E-state index >= 15 is 0 Å². The first-order valence-corrected chi connectivity index (χ1v) is 3.50. The SMILES string of the molecule is CCc1cnc(CCO)[nH]1. The van der Waals surface area contributed by atoms with Crippen molar-refractivity contribution in [2.45, 2.75) is 19.8 Å². The Hall–Kier alpha value is -0.830. The Morgan fingerprint density at radius 2 is 2.50 bits per heavy atom. The molecule has 0 radical (unpaired) electrons. The molecule has 0 bridgehead atoms. The zero-order valence-electron chi connectivity index (χ0n) is 6.09. The second-order valence-corrected chi connectivity index (χ2v) is 2.18. The van der Waals surface area contributed by atoms with Crippen LogP contribution in [0.3, 0.4) is 0 Å². The fraction of sp³-hybridized carbons (Fsp3) is 0.571. The third-order valence-electron chi connectivity index (χ3n) is 1.41. The molecule has 0 aliphatic carbocycles. The number of aromatic nitrogens is 2. The van der Waals surface area contributed by atoms with Gasteiger partial charge >= 0.3 is 0 Å². The fourth-order valence-electron chi connectivity index (χ4n) is 0.818. The summed E-state index contributed by atoms with van der Waals surface area (Å²) in [7, 11) is 0. The molecular formula is C7H12N2O. The van der Waals surface area contributed by atoms with Gasteiger partial charge in [0.05, 0.1) is 6.61 Å². The summed E-state index contributed by atoms with van der Waals surface area (Å²) >= 11 is 0. The lowest BCUT2D eigenvalue weighted by Gasteiger charge is -1.88. The number of nitrogens with zero attached hydrogens (tertiary/aromatic N) is 1. The first-order chi connectivity index (χ1) is 4.86. The Bertz CT molecular complexity index is 195. The molecular weight excluding hydrogens is 128 g/mol.